The molecule has 2 aliphatic carbocycles. The lowest BCUT2D eigenvalue weighted by molar-refractivity contribution is 0.144. The number of hydrogen-bond acceptors (Lipinski definition) is 6. The van der Waals surface area contributed by atoms with Gasteiger partial charge in [0.05, 0.1) is 35.0 Å². The average molecular weight is 759 g/mol. The van der Waals surface area contributed by atoms with Gasteiger partial charge in [0.2, 0.25) is 0 Å². The molecule has 1 spiro atoms. The molecule has 0 bridgehead atoms. The van der Waals surface area contributed by atoms with Gasteiger partial charge in [-0.25, -0.2) is 0 Å². The third kappa shape index (κ3) is 5.05. The van der Waals surface area contributed by atoms with Crippen molar-refractivity contribution in [3.63, 3.8) is 0 Å². The largest absolute Gasteiger partial charge is 0.497 e. The van der Waals surface area contributed by atoms with E-state index in [-0.39, 0.29) is 22.9 Å². The summed E-state index contributed by atoms with van der Waals surface area (Å²) in [5.41, 5.74) is 9.22. The van der Waals surface area contributed by atoms with Crippen LogP contribution in [0.5, 0.6) is 28.7 Å². The SMILES string of the molecule is COc1ccc(C2(c3ccc(OC)cc3)C=Cc3c4c(c5cc(CO)c(-c6ccc(OC)cc6OC)cc5c3O2)-c2ccccc2C42C(C)(C)CCC2(C)C)cc1. The molecule has 0 unspecified atom stereocenters. The minimum Gasteiger partial charge on any atom is -0.497 e. The number of hydrogen-bond donors (Lipinski definition) is 1. The monoisotopic (exact) mass is 758 g/mol. The van der Waals surface area contributed by atoms with Crippen LogP contribution in [0, 0.1) is 10.8 Å². The Hall–Kier alpha value is -5.72. The maximum absolute atomic E-state index is 11.2. The van der Waals surface area contributed by atoms with E-state index in [4.69, 9.17) is 23.7 Å². The smallest absolute Gasteiger partial charge is 0.178 e. The van der Waals surface area contributed by atoms with Gasteiger partial charge in [-0.2, -0.15) is 0 Å². The Labute approximate surface area is 335 Å². The minimum absolute atomic E-state index is 0.0795. The van der Waals surface area contributed by atoms with Gasteiger partial charge >= 0.3 is 0 Å². The van der Waals surface area contributed by atoms with E-state index in [0.717, 1.165) is 74.2 Å². The van der Waals surface area contributed by atoms with Crippen LogP contribution in [0.15, 0.2) is 109 Å². The topological polar surface area (TPSA) is 66.4 Å². The Morgan fingerprint density at radius 2 is 1.21 bits per heavy atom. The van der Waals surface area contributed by atoms with Gasteiger partial charge in [-0.05, 0) is 117 Å². The number of aliphatic hydroxyl groups excluding tert-OH is 1. The standard InChI is InChI=1S/C51H50O6/c1-48(2)25-26-49(3,4)51(48)43-12-10-9-11-38(43)45-41-27-31(30-52)40(37-22-21-36(55-7)28-44(37)56-8)29-42(41)47-39(46(45)51)23-24-50(57-47,32-13-17-34(53-5)18-14-32)33-15-19-35(54-6)20-16-33/h9-24,27-29,52H,25-26,30H2,1-8H3. The van der Waals surface area contributed by atoms with Gasteiger partial charge in [0, 0.05) is 39.1 Å². The van der Waals surface area contributed by atoms with E-state index in [1.54, 1.807) is 28.4 Å². The molecule has 6 aromatic rings. The Bertz CT molecular complexity index is 2510. The summed E-state index contributed by atoms with van der Waals surface area (Å²) in [7, 11) is 6.69. The zero-order valence-corrected chi connectivity index (χ0v) is 34.1. The summed E-state index contributed by atoms with van der Waals surface area (Å²) in [4.78, 5) is 0. The molecule has 6 aromatic carbocycles. The number of methoxy groups -OCH3 is 4. The van der Waals surface area contributed by atoms with E-state index in [1.165, 1.54) is 22.3 Å². The minimum atomic E-state index is -1.00. The van der Waals surface area contributed by atoms with Crippen LogP contribution in [0.1, 0.15) is 73.9 Å². The van der Waals surface area contributed by atoms with Crippen molar-refractivity contribution in [2.45, 2.75) is 58.2 Å². The quantitative estimate of drug-likeness (QED) is 0.167. The highest BCUT2D eigenvalue weighted by Gasteiger charge is 2.66. The second-order valence-corrected chi connectivity index (χ2v) is 17.0. The van der Waals surface area contributed by atoms with Crippen LogP contribution in [0.3, 0.4) is 0 Å². The molecule has 0 aromatic heterocycles. The number of rotatable bonds is 8. The highest BCUT2D eigenvalue weighted by molar-refractivity contribution is 6.10. The third-order valence-corrected chi connectivity index (χ3v) is 13.6. The molecule has 1 fully saturated rings. The molecule has 0 amide bonds. The van der Waals surface area contributed by atoms with Gasteiger partial charge in [-0.1, -0.05) is 82.3 Å². The van der Waals surface area contributed by atoms with Crippen molar-refractivity contribution in [2.24, 2.45) is 10.8 Å². The maximum atomic E-state index is 11.2. The number of fused-ring (bicyclic) bond motifs is 10. The van der Waals surface area contributed by atoms with Crippen LogP contribution in [-0.4, -0.2) is 33.5 Å². The van der Waals surface area contributed by atoms with Crippen molar-refractivity contribution >= 4 is 16.8 Å². The molecule has 1 N–H and O–H groups in total. The van der Waals surface area contributed by atoms with Gasteiger partial charge < -0.3 is 28.8 Å². The molecule has 6 heteroatoms. The Morgan fingerprint density at radius 3 is 1.79 bits per heavy atom. The van der Waals surface area contributed by atoms with Crippen LogP contribution >= 0.6 is 0 Å². The lowest BCUT2D eigenvalue weighted by atomic mass is 9.53. The van der Waals surface area contributed by atoms with E-state index in [2.05, 4.69) is 101 Å². The summed E-state index contributed by atoms with van der Waals surface area (Å²) in [6.07, 6.45) is 6.75. The second kappa shape index (κ2) is 13.2. The number of benzene rings is 6. The first-order valence-corrected chi connectivity index (χ1v) is 19.8. The normalized spacial score (nSPS) is 17.4. The molecule has 1 heterocycles. The van der Waals surface area contributed by atoms with Crippen LogP contribution in [0.4, 0.5) is 0 Å². The van der Waals surface area contributed by atoms with Gasteiger partial charge in [0.15, 0.2) is 5.60 Å². The summed E-state index contributed by atoms with van der Waals surface area (Å²) in [5, 5.41) is 13.2. The molecular formula is C51H50O6. The van der Waals surface area contributed by atoms with Gasteiger partial charge in [-0.15, -0.1) is 0 Å². The average Bonchev–Trinajstić information content (AvgIpc) is 3.68. The lowest BCUT2D eigenvalue weighted by Crippen LogP contribution is -2.47. The molecular weight excluding hydrogens is 709 g/mol. The first-order valence-electron chi connectivity index (χ1n) is 19.8. The molecule has 6 nitrogen and oxygen atoms in total. The molecule has 57 heavy (non-hydrogen) atoms. The van der Waals surface area contributed by atoms with Gasteiger partial charge in [0.1, 0.15) is 28.7 Å². The number of ether oxygens (including phenoxy) is 5. The summed E-state index contributed by atoms with van der Waals surface area (Å²) in [6.45, 7) is 9.66. The van der Waals surface area contributed by atoms with E-state index in [0.29, 0.717) is 11.5 Å². The molecule has 290 valence electrons. The third-order valence-electron chi connectivity index (χ3n) is 13.6. The van der Waals surface area contributed by atoms with Crippen molar-refractivity contribution in [3.05, 3.63) is 143 Å². The van der Waals surface area contributed by atoms with Crippen LogP contribution in [0.25, 0.3) is 39.1 Å². The van der Waals surface area contributed by atoms with Crippen LogP contribution in [-0.2, 0) is 17.6 Å². The van der Waals surface area contributed by atoms with Crippen molar-refractivity contribution in [3.8, 4) is 51.0 Å². The van der Waals surface area contributed by atoms with Crippen LogP contribution < -0.4 is 23.7 Å². The highest BCUT2D eigenvalue weighted by Crippen LogP contribution is 2.73. The van der Waals surface area contributed by atoms with Crippen molar-refractivity contribution in [1.82, 2.24) is 0 Å². The van der Waals surface area contributed by atoms with Gasteiger partial charge in [-0.3, -0.25) is 0 Å². The fourth-order valence-electron chi connectivity index (χ4n) is 10.9. The first kappa shape index (κ1) is 36.9. The predicted octanol–water partition coefficient (Wildman–Crippen LogP) is 11.5. The fraction of sp³-hybridized carbons (Fsp3) is 0.294. The first-order chi connectivity index (χ1) is 27.5. The molecule has 9 rings (SSSR count). The summed E-state index contributed by atoms with van der Waals surface area (Å²) < 4.78 is 30.5. The maximum Gasteiger partial charge on any atom is 0.178 e. The van der Waals surface area contributed by atoms with Gasteiger partial charge in [0.25, 0.3) is 0 Å². The van der Waals surface area contributed by atoms with E-state index < -0.39 is 5.60 Å². The fourth-order valence-corrected chi connectivity index (χ4v) is 10.9. The van der Waals surface area contributed by atoms with E-state index in [9.17, 15) is 5.11 Å². The molecule has 0 atom stereocenters. The Kier molecular flexibility index (Phi) is 8.53. The second-order valence-electron chi connectivity index (χ2n) is 17.0. The van der Waals surface area contributed by atoms with Crippen molar-refractivity contribution in [2.75, 3.05) is 28.4 Å². The summed E-state index contributed by atoms with van der Waals surface area (Å²) in [6, 6.07) is 35.6. The molecule has 0 radical (unpaired) electrons. The number of aliphatic hydroxyl groups is 1. The highest BCUT2D eigenvalue weighted by atomic mass is 16.5. The lowest BCUT2D eigenvalue weighted by Gasteiger charge is -2.50. The van der Waals surface area contributed by atoms with Crippen molar-refractivity contribution < 1.29 is 28.8 Å². The van der Waals surface area contributed by atoms with E-state index >= 15 is 0 Å². The Balaban J connectivity index is 1.44. The summed E-state index contributed by atoms with van der Waals surface area (Å²) >= 11 is 0. The van der Waals surface area contributed by atoms with E-state index in [1.807, 2.05) is 42.5 Å². The zero-order valence-electron chi connectivity index (χ0n) is 34.1. The summed E-state index contributed by atoms with van der Waals surface area (Å²) in [5.74, 6) is 3.70. The van der Waals surface area contributed by atoms with Crippen LogP contribution in [0.2, 0.25) is 0 Å². The molecule has 0 saturated heterocycles. The zero-order chi connectivity index (χ0) is 39.9. The van der Waals surface area contributed by atoms with Crippen molar-refractivity contribution in [1.29, 1.82) is 0 Å². The molecule has 3 aliphatic rings. The Morgan fingerprint density at radius 1 is 0.614 bits per heavy atom. The molecule has 1 saturated carbocycles. The predicted molar refractivity (Wildman–Crippen MR) is 228 cm³/mol. The molecule has 1 aliphatic heterocycles.